The molecule has 1 fully saturated rings. The van der Waals surface area contributed by atoms with Crippen LogP contribution < -0.4 is 5.73 Å². The molecule has 1 saturated carbocycles. The first-order chi connectivity index (χ1) is 8.59. The van der Waals surface area contributed by atoms with Crippen molar-refractivity contribution in [3.63, 3.8) is 0 Å². The number of rotatable bonds is 4. The molecule has 100 valence electrons. The van der Waals surface area contributed by atoms with E-state index >= 15 is 0 Å². The minimum Gasteiger partial charge on any atom is -0.374 e. The van der Waals surface area contributed by atoms with Crippen LogP contribution >= 0.6 is 0 Å². The van der Waals surface area contributed by atoms with Gasteiger partial charge in [-0.15, -0.1) is 0 Å². The SMILES string of the molecule is CC1(C)CCC(OCc2ccnc(CN)c2)CC1. The number of pyridine rings is 1. The number of ether oxygens (including phenoxy) is 1. The quantitative estimate of drug-likeness (QED) is 0.891. The van der Waals surface area contributed by atoms with E-state index < -0.39 is 0 Å². The third kappa shape index (κ3) is 3.79. The summed E-state index contributed by atoms with van der Waals surface area (Å²) in [5, 5.41) is 0. The normalized spacial score (nSPS) is 19.9. The molecule has 1 heterocycles. The van der Waals surface area contributed by atoms with Gasteiger partial charge in [0.25, 0.3) is 0 Å². The Hall–Kier alpha value is -0.930. The van der Waals surface area contributed by atoms with Crippen LogP contribution in [0.1, 0.15) is 50.8 Å². The third-order valence-corrected chi connectivity index (χ3v) is 3.86. The van der Waals surface area contributed by atoms with Crippen molar-refractivity contribution in [2.45, 2.75) is 58.8 Å². The molecule has 2 N–H and O–H groups in total. The highest BCUT2D eigenvalue weighted by atomic mass is 16.5. The molecule has 1 aromatic rings. The zero-order valence-corrected chi connectivity index (χ0v) is 11.5. The van der Waals surface area contributed by atoms with Crippen LogP contribution in [0.2, 0.25) is 0 Å². The molecule has 1 aliphatic rings. The fourth-order valence-electron chi connectivity index (χ4n) is 2.48. The Morgan fingerprint density at radius 2 is 2.11 bits per heavy atom. The second-order valence-corrected chi connectivity index (χ2v) is 6.03. The van der Waals surface area contributed by atoms with Crippen LogP contribution in [0.25, 0.3) is 0 Å². The molecule has 2 rings (SSSR count). The van der Waals surface area contributed by atoms with Gasteiger partial charge in [-0.05, 0) is 48.8 Å². The number of aromatic nitrogens is 1. The van der Waals surface area contributed by atoms with Crippen LogP contribution in [0.4, 0.5) is 0 Å². The van der Waals surface area contributed by atoms with Gasteiger partial charge < -0.3 is 10.5 Å². The van der Waals surface area contributed by atoms with Crippen molar-refractivity contribution in [1.29, 1.82) is 0 Å². The number of nitrogens with two attached hydrogens (primary N) is 1. The molecule has 0 spiro atoms. The molecule has 0 amide bonds. The Morgan fingerprint density at radius 1 is 1.39 bits per heavy atom. The monoisotopic (exact) mass is 248 g/mol. The maximum absolute atomic E-state index is 5.99. The minimum atomic E-state index is 0.424. The Bertz CT molecular complexity index is 380. The van der Waals surface area contributed by atoms with Crippen molar-refractivity contribution in [2.75, 3.05) is 0 Å². The van der Waals surface area contributed by atoms with Crippen molar-refractivity contribution >= 4 is 0 Å². The van der Waals surface area contributed by atoms with Crippen LogP contribution in [0, 0.1) is 5.41 Å². The molecule has 1 aromatic heterocycles. The van der Waals surface area contributed by atoms with Crippen molar-refractivity contribution in [3.8, 4) is 0 Å². The fourth-order valence-corrected chi connectivity index (χ4v) is 2.48. The average Bonchev–Trinajstić information content (AvgIpc) is 2.38. The van der Waals surface area contributed by atoms with Crippen LogP contribution in [0.5, 0.6) is 0 Å². The van der Waals surface area contributed by atoms with Crippen molar-refractivity contribution in [3.05, 3.63) is 29.6 Å². The fraction of sp³-hybridized carbons (Fsp3) is 0.667. The molecular weight excluding hydrogens is 224 g/mol. The molecule has 3 heteroatoms. The summed E-state index contributed by atoms with van der Waals surface area (Å²) in [6.07, 6.45) is 7.13. The summed E-state index contributed by atoms with van der Waals surface area (Å²) >= 11 is 0. The molecule has 0 radical (unpaired) electrons. The summed E-state index contributed by atoms with van der Waals surface area (Å²) in [6.45, 7) is 5.87. The first-order valence-electron chi connectivity index (χ1n) is 6.84. The van der Waals surface area contributed by atoms with E-state index in [2.05, 4.69) is 18.8 Å². The Kier molecular flexibility index (Phi) is 4.36. The topological polar surface area (TPSA) is 48.1 Å². The van der Waals surface area contributed by atoms with Crippen molar-refractivity contribution in [2.24, 2.45) is 11.1 Å². The lowest BCUT2D eigenvalue weighted by Crippen LogP contribution is -2.26. The molecule has 0 aromatic carbocycles. The molecular formula is C15H24N2O. The van der Waals surface area contributed by atoms with Crippen molar-refractivity contribution in [1.82, 2.24) is 4.98 Å². The maximum atomic E-state index is 5.99. The molecule has 0 unspecified atom stereocenters. The summed E-state index contributed by atoms with van der Waals surface area (Å²) in [4.78, 5) is 4.19. The third-order valence-electron chi connectivity index (χ3n) is 3.86. The summed E-state index contributed by atoms with van der Waals surface area (Å²) in [5.74, 6) is 0. The molecule has 0 atom stereocenters. The van der Waals surface area contributed by atoms with E-state index in [1.54, 1.807) is 0 Å². The zero-order valence-electron chi connectivity index (χ0n) is 11.5. The van der Waals surface area contributed by atoms with Gasteiger partial charge in [0.1, 0.15) is 0 Å². The Balaban J connectivity index is 1.81. The largest absolute Gasteiger partial charge is 0.374 e. The standard InChI is InChI=1S/C15H24N2O/c1-15(2)6-3-14(4-7-15)18-11-12-5-8-17-13(9-12)10-16/h5,8-9,14H,3-4,6-7,10-11,16H2,1-2H3. The number of hydrogen-bond acceptors (Lipinski definition) is 3. The second-order valence-electron chi connectivity index (χ2n) is 6.03. The predicted molar refractivity (Wildman–Crippen MR) is 73.0 cm³/mol. The van der Waals surface area contributed by atoms with Gasteiger partial charge in [0.05, 0.1) is 18.4 Å². The molecule has 3 nitrogen and oxygen atoms in total. The first-order valence-corrected chi connectivity index (χ1v) is 6.84. The minimum absolute atomic E-state index is 0.424. The summed E-state index contributed by atoms with van der Waals surface area (Å²) in [5.41, 5.74) is 8.19. The number of hydrogen-bond donors (Lipinski definition) is 1. The van der Waals surface area contributed by atoms with Gasteiger partial charge in [-0.25, -0.2) is 0 Å². The van der Waals surface area contributed by atoms with Gasteiger partial charge in [0, 0.05) is 12.7 Å². The van der Waals surface area contributed by atoms with Crippen LogP contribution in [0.15, 0.2) is 18.3 Å². The lowest BCUT2D eigenvalue weighted by Gasteiger charge is -2.34. The Labute approximate surface area is 110 Å². The van der Waals surface area contributed by atoms with E-state index in [-0.39, 0.29) is 0 Å². The Morgan fingerprint density at radius 3 is 2.78 bits per heavy atom. The van der Waals surface area contributed by atoms with Crippen LogP contribution in [-0.2, 0) is 17.9 Å². The predicted octanol–water partition coefficient (Wildman–Crippen LogP) is 3.03. The highest BCUT2D eigenvalue weighted by Gasteiger charge is 2.27. The van der Waals surface area contributed by atoms with Crippen molar-refractivity contribution < 1.29 is 4.74 Å². The van der Waals surface area contributed by atoms with E-state index in [1.807, 2.05) is 18.3 Å². The summed E-state index contributed by atoms with van der Waals surface area (Å²) in [6, 6.07) is 4.04. The van der Waals surface area contributed by atoms with Gasteiger partial charge in [0.2, 0.25) is 0 Å². The lowest BCUT2D eigenvalue weighted by molar-refractivity contribution is -0.00563. The summed E-state index contributed by atoms with van der Waals surface area (Å²) in [7, 11) is 0. The summed E-state index contributed by atoms with van der Waals surface area (Å²) < 4.78 is 5.99. The second kappa shape index (κ2) is 5.81. The smallest absolute Gasteiger partial charge is 0.0721 e. The first kappa shape index (κ1) is 13.5. The lowest BCUT2D eigenvalue weighted by atomic mass is 9.76. The van der Waals surface area contributed by atoms with E-state index in [1.165, 1.54) is 31.2 Å². The average molecular weight is 248 g/mol. The van der Waals surface area contributed by atoms with Gasteiger partial charge >= 0.3 is 0 Å². The van der Waals surface area contributed by atoms with E-state index in [0.29, 0.717) is 24.7 Å². The van der Waals surface area contributed by atoms with Gasteiger partial charge in [-0.3, -0.25) is 4.98 Å². The number of nitrogens with zero attached hydrogens (tertiary/aromatic N) is 1. The zero-order chi connectivity index (χ0) is 13.0. The van der Waals surface area contributed by atoms with Crippen LogP contribution in [-0.4, -0.2) is 11.1 Å². The highest BCUT2D eigenvalue weighted by molar-refractivity contribution is 5.15. The van der Waals surface area contributed by atoms with Crippen LogP contribution in [0.3, 0.4) is 0 Å². The molecule has 0 bridgehead atoms. The van der Waals surface area contributed by atoms with E-state index in [0.717, 1.165) is 5.69 Å². The highest BCUT2D eigenvalue weighted by Crippen LogP contribution is 2.36. The maximum Gasteiger partial charge on any atom is 0.0721 e. The van der Waals surface area contributed by atoms with Gasteiger partial charge in [-0.2, -0.15) is 0 Å². The van der Waals surface area contributed by atoms with Gasteiger partial charge in [-0.1, -0.05) is 13.8 Å². The van der Waals surface area contributed by atoms with E-state index in [4.69, 9.17) is 10.5 Å². The molecule has 0 aliphatic heterocycles. The molecule has 1 aliphatic carbocycles. The van der Waals surface area contributed by atoms with Gasteiger partial charge in [0.15, 0.2) is 0 Å². The molecule has 18 heavy (non-hydrogen) atoms. The molecule has 0 saturated heterocycles. The van der Waals surface area contributed by atoms with E-state index in [9.17, 15) is 0 Å².